The van der Waals surface area contributed by atoms with Crippen molar-refractivity contribution >= 4 is 23.1 Å². The Labute approximate surface area is 126 Å². The fourth-order valence-corrected chi connectivity index (χ4v) is 2.58. The Kier molecular flexibility index (Phi) is 3.69. The first kappa shape index (κ1) is 14.0. The Bertz CT molecular complexity index is 732. The molecule has 0 saturated carbocycles. The maximum Gasteiger partial charge on any atom is 0.311 e. The number of aromatic nitrogens is 1. The molecular weight excluding hydrogens is 284 g/mol. The molecule has 0 fully saturated rings. The molecule has 1 atom stereocenters. The molecule has 0 spiro atoms. The summed E-state index contributed by atoms with van der Waals surface area (Å²) in [5, 5.41) is 16.7. The summed E-state index contributed by atoms with van der Waals surface area (Å²) in [6.45, 7) is 0.421. The van der Waals surface area contributed by atoms with Gasteiger partial charge in [0.1, 0.15) is 0 Å². The van der Waals surface area contributed by atoms with E-state index in [9.17, 15) is 14.9 Å². The van der Waals surface area contributed by atoms with Crippen LogP contribution in [0.1, 0.15) is 17.9 Å². The second-order valence-corrected chi connectivity index (χ2v) is 4.97. The van der Waals surface area contributed by atoms with E-state index in [0.29, 0.717) is 13.0 Å². The van der Waals surface area contributed by atoms with E-state index >= 15 is 0 Å². The Hall–Kier alpha value is -2.96. The molecule has 1 aromatic heterocycles. The van der Waals surface area contributed by atoms with Crippen LogP contribution in [0.15, 0.2) is 42.6 Å². The van der Waals surface area contributed by atoms with E-state index in [2.05, 4.69) is 15.6 Å². The van der Waals surface area contributed by atoms with Gasteiger partial charge in [-0.15, -0.1) is 0 Å². The summed E-state index contributed by atoms with van der Waals surface area (Å²) in [6.07, 6.45) is 2.03. The van der Waals surface area contributed by atoms with Gasteiger partial charge in [0, 0.05) is 24.5 Å². The summed E-state index contributed by atoms with van der Waals surface area (Å²) in [4.78, 5) is 26.4. The largest absolute Gasteiger partial charge is 0.364 e. The van der Waals surface area contributed by atoms with E-state index in [4.69, 9.17) is 0 Å². The van der Waals surface area contributed by atoms with Gasteiger partial charge in [-0.1, -0.05) is 18.2 Å². The molecule has 1 aliphatic heterocycles. The second kappa shape index (κ2) is 5.80. The van der Waals surface area contributed by atoms with Crippen LogP contribution in [0.4, 0.5) is 17.2 Å². The third-order valence-electron chi connectivity index (χ3n) is 3.62. The lowest BCUT2D eigenvalue weighted by molar-refractivity contribution is -0.384. The maximum atomic E-state index is 12.0. The van der Waals surface area contributed by atoms with Crippen molar-refractivity contribution in [2.45, 2.75) is 12.3 Å². The van der Waals surface area contributed by atoms with Crippen LogP contribution >= 0.6 is 0 Å². The molecule has 2 heterocycles. The first-order valence-electron chi connectivity index (χ1n) is 6.90. The minimum absolute atomic E-state index is 0.0430. The number of para-hydroxylation sites is 1. The van der Waals surface area contributed by atoms with Gasteiger partial charge < -0.3 is 10.6 Å². The molecule has 1 aromatic carbocycles. The van der Waals surface area contributed by atoms with Crippen molar-refractivity contribution in [2.75, 3.05) is 17.2 Å². The summed E-state index contributed by atoms with van der Waals surface area (Å²) in [6, 6.07) is 10.5. The van der Waals surface area contributed by atoms with Crippen LogP contribution in [0, 0.1) is 10.1 Å². The molecule has 0 saturated heterocycles. The highest BCUT2D eigenvalue weighted by Gasteiger charge is 2.29. The molecule has 0 radical (unpaired) electrons. The molecule has 112 valence electrons. The fourth-order valence-electron chi connectivity index (χ4n) is 2.58. The molecule has 1 amide bonds. The molecule has 0 bridgehead atoms. The van der Waals surface area contributed by atoms with Gasteiger partial charge in [0.05, 0.1) is 10.8 Å². The molecular formula is C15H14N4O3. The minimum Gasteiger partial charge on any atom is -0.364 e. The normalized spacial score (nSPS) is 16.0. The number of nitrogens with one attached hydrogen (secondary N) is 2. The number of fused-ring (bicyclic) bond motifs is 1. The van der Waals surface area contributed by atoms with Crippen LogP contribution in [0.5, 0.6) is 0 Å². The number of benzene rings is 1. The average Bonchev–Trinajstić information content (AvgIpc) is 2.83. The zero-order valence-corrected chi connectivity index (χ0v) is 11.7. The standard InChI is InChI=1S/C15H14N4O3/c20-15-11(10-4-1-2-5-12(10)18-15)7-9-17-14-13(19(21)22)6-3-8-16-14/h1-6,8,11H,7,9H2,(H,16,17)(H,18,20). The minimum atomic E-state index is -0.479. The van der Waals surface area contributed by atoms with E-state index in [1.807, 2.05) is 24.3 Å². The van der Waals surface area contributed by atoms with Crippen molar-refractivity contribution in [3.05, 3.63) is 58.3 Å². The van der Waals surface area contributed by atoms with Crippen molar-refractivity contribution in [3.63, 3.8) is 0 Å². The number of nitro groups is 1. The van der Waals surface area contributed by atoms with Gasteiger partial charge in [-0.2, -0.15) is 0 Å². The lowest BCUT2D eigenvalue weighted by Crippen LogP contribution is -2.16. The van der Waals surface area contributed by atoms with Crippen LogP contribution in [0.3, 0.4) is 0 Å². The number of carbonyl (C=O) groups excluding carboxylic acids is 1. The van der Waals surface area contributed by atoms with Crippen LogP contribution in [0.2, 0.25) is 0 Å². The molecule has 7 nitrogen and oxygen atoms in total. The van der Waals surface area contributed by atoms with E-state index in [1.54, 1.807) is 0 Å². The smallest absolute Gasteiger partial charge is 0.311 e. The summed E-state index contributed by atoms with van der Waals surface area (Å²) in [5.74, 6) is -0.0656. The van der Waals surface area contributed by atoms with Crippen LogP contribution < -0.4 is 10.6 Å². The van der Waals surface area contributed by atoms with Crippen molar-refractivity contribution in [1.29, 1.82) is 0 Å². The third-order valence-corrected chi connectivity index (χ3v) is 3.62. The lowest BCUT2D eigenvalue weighted by Gasteiger charge is -2.10. The summed E-state index contributed by atoms with van der Waals surface area (Å²) < 4.78 is 0. The van der Waals surface area contributed by atoms with Gasteiger partial charge >= 0.3 is 5.69 Å². The van der Waals surface area contributed by atoms with Gasteiger partial charge in [0.2, 0.25) is 11.7 Å². The zero-order valence-electron chi connectivity index (χ0n) is 11.7. The molecule has 22 heavy (non-hydrogen) atoms. The Morgan fingerprint density at radius 2 is 2.09 bits per heavy atom. The molecule has 2 N–H and O–H groups in total. The van der Waals surface area contributed by atoms with Gasteiger partial charge in [-0.3, -0.25) is 14.9 Å². The Morgan fingerprint density at radius 3 is 2.91 bits per heavy atom. The second-order valence-electron chi connectivity index (χ2n) is 4.97. The highest BCUT2D eigenvalue weighted by Crippen LogP contribution is 2.34. The van der Waals surface area contributed by atoms with E-state index in [0.717, 1.165) is 11.3 Å². The summed E-state index contributed by atoms with van der Waals surface area (Å²) in [7, 11) is 0. The van der Waals surface area contributed by atoms with Gasteiger partial charge in [0.25, 0.3) is 0 Å². The van der Waals surface area contributed by atoms with Crippen LogP contribution in [0.25, 0.3) is 0 Å². The van der Waals surface area contributed by atoms with E-state index < -0.39 is 4.92 Å². The number of anilines is 2. The fraction of sp³-hybridized carbons (Fsp3) is 0.200. The number of hydrogen-bond acceptors (Lipinski definition) is 5. The molecule has 1 unspecified atom stereocenters. The highest BCUT2D eigenvalue weighted by molar-refractivity contribution is 6.02. The maximum absolute atomic E-state index is 12.0. The molecule has 2 aromatic rings. The van der Waals surface area contributed by atoms with Crippen molar-refractivity contribution in [1.82, 2.24) is 4.98 Å². The predicted octanol–water partition coefficient (Wildman–Crippen LogP) is 2.53. The quantitative estimate of drug-likeness (QED) is 0.653. The number of rotatable bonds is 5. The predicted molar refractivity (Wildman–Crippen MR) is 81.8 cm³/mol. The monoisotopic (exact) mass is 298 g/mol. The number of nitrogens with zero attached hydrogens (tertiary/aromatic N) is 2. The van der Waals surface area contributed by atoms with Gasteiger partial charge in [-0.05, 0) is 24.1 Å². The highest BCUT2D eigenvalue weighted by atomic mass is 16.6. The zero-order chi connectivity index (χ0) is 15.5. The number of amides is 1. The van der Waals surface area contributed by atoms with Crippen molar-refractivity contribution < 1.29 is 9.72 Å². The Balaban J connectivity index is 1.67. The SMILES string of the molecule is O=C1Nc2ccccc2C1CCNc1ncccc1[N+](=O)[O-]. The van der Waals surface area contributed by atoms with Gasteiger partial charge in [-0.25, -0.2) is 4.98 Å². The average molecular weight is 298 g/mol. The van der Waals surface area contributed by atoms with Crippen molar-refractivity contribution in [2.24, 2.45) is 0 Å². The number of carbonyl (C=O) groups is 1. The number of hydrogen-bond donors (Lipinski definition) is 2. The molecule has 3 rings (SSSR count). The summed E-state index contributed by atoms with van der Waals surface area (Å²) >= 11 is 0. The molecule has 0 aliphatic carbocycles. The first-order valence-corrected chi connectivity index (χ1v) is 6.90. The van der Waals surface area contributed by atoms with E-state index in [1.165, 1.54) is 18.3 Å². The van der Waals surface area contributed by atoms with Crippen LogP contribution in [-0.2, 0) is 4.79 Å². The number of pyridine rings is 1. The topological polar surface area (TPSA) is 97.2 Å². The molecule has 1 aliphatic rings. The van der Waals surface area contributed by atoms with Crippen molar-refractivity contribution in [3.8, 4) is 0 Å². The van der Waals surface area contributed by atoms with Crippen LogP contribution in [-0.4, -0.2) is 22.4 Å². The Morgan fingerprint density at radius 1 is 1.27 bits per heavy atom. The third kappa shape index (κ3) is 2.60. The molecule has 7 heteroatoms. The van der Waals surface area contributed by atoms with E-state index in [-0.39, 0.29) is 23.3 Å². The van der Waals surface area contributed by atoms with Gasteiger partial charge in [0.15, 0.2) is 0 Å². The first-order chi connectivity index (χ1) is 10.7. The summed E-state index contributed by atoms with van der Waals surface area (Å²) in [5.41, 5.74) is 1.73. The lowest BCUT2D eigenvalue weighted by atomic mass is 9.97.